The molecule has 0 aliphatic heterocycles. The van der Waals surface area contributed by atoms with Crippen LogP contribution in [0.4, 0.5) is 18.9 Å². The summed E-state index contributed by atoms with van der Waals surface area (Å²) < 4.78 is 45.6. The Kier molecular flexibility index (Phi) is 4.52. The Morgan fingerprint density at radius 1 is 1.10 bits per heavy atom. The maximum absolute atomic E-state index is 13.5. The summed E-state index contributed by atoms with van der Waals surface area (Å²) in [5, 5.41) is 0. The molecule has 0 saturated heterocycles. The SMILES string of the molecule is Nc1cc(F)c(C(=O)OCc2ccc(Br)cc2F)cc1F. The van der Waals surface area contributed by atoms with E-state index in [9.17, 15) is 18.0 Å². The minimum Gasteiger partial charge on any atom is -0.457 e. The lowest BCUT2D eigenvalue weighted by atomic mass is 10.2. The summed E-state index contributed by atoms with van der Waals surface area (Å²) in [5.41, 5.74) is 4.27. The molecule has 7 heteroatoms. The lowest BCUT2D eigenvalue weighted by Gasteiger charge is -2.08. The van der Waals surface area contributed by atoms with E-state index in [4.69, 9.17) is 10.5 Å². The maximum Gasteiger partial charge on any atom is 0.341 e. The molecular weight excluding hydrogens is 351 g/mol. The number of nitrogen functional groups attached to an aromatic ring is 1. The van der Waals surface area contributed by atoms with Crippen LogP contribution >= 0.6 is 15.9 Å². The molecule has 0 fully saturated rings. The van der Waals surface area contributed by atoms with Crippen LogP contribution < -0.4 is 5.73 Å². The molecule has 2 aromatic carbocycles. The lowest BCUT2D eigenvalue weighted by molar-refractivity contribution is 0.0463. The van der Waals surface area contributed by atoms with E-state index in [1.807, 2.05) is 0 Å². The highest BCUT2D eigenvalue weighted by Gasteiger charge is 2.17. The Hall–Kier alpha value is -2.02. The smallest absolute Gasteiger partial charge is 0.341 e. The first kappa shape index (κ1) is 15.4. The van der Waals surface area contributed by atoms with Crippen LogP contribution in [0.15, 0.2) is 34.8 Å². The van der Waals surface area contributed by atoms with Crippen molar-refractivity contribution < 1.29 is 22.7 Å². The number of carbonyl (C=O) groups excluding carboxylic acids is 1. The minimum absolute atomic E-state index is 0.114. The van der Waals surface area contributed by atoms with E-state index < -0.39 is 41.3 Å². The molecule has 0 amide bonds. The second kappa shape index (κ2) is 6.17. The molecule has 0 atom stereocenters. The van der Waals surface area contributed by atoms with Crippen molar-refractivity contribution in [1.82, 2.24) is 0 Å². The Morgan fingerprint density at radius 3 is 2.48 bits per heavy atom. The number of anilines is 1. The average molecular weight is 360 g/mol. The first-order chi connectivity index (χ1) is 9.88. The molecular formula is C14H9BrF3NO2. The number of carbonyl (C=O) groups is 1. The molecule has 2 rings (SSSR count). The fraction of sp³-hybridized carbons (Fsp3) is 0.0714. The van der Waals surface area contributed by atoms with Gasteiger partial charge in [-0.1, -0.05) is 22.0 Å². The van der Waals surface area contributed by atoms with E-state index in [-0.39, 0.29) is 5.56 Å². The number of esters is 1. The van der Waals surface area contributed by atoms with Crippen molar-refractivity contribution in [2.75, 3.05) is 5.73 Å². The van der Waals surface area contributed by atoms with Gasteiger partial charge < -0.3 is 10.5 Å². The van der Waals surface area contributed by atoms with Gasteiger partial charge in [0.05, 0.1) is 11.3 Å². The molecule has 0 aliphatic rings. The van der Waals surface area contributed by atoms with Crippen LogP contribution in [-0.4, -0.2) is 5.97 Å². The summed E-state index contributed by atoms with van der Waals surface area (Å²) in [7, 11) is 0. The van der Waals surface area contributed by atoms with E-state index in [0.29, 0.717) is 16.6 Å². The van der Waals surface area contributed by atoms with Gasteiger partial charge in [0.15, 0.2) is 0 Å². The van der Waals surface area contributed by atoms with Gasteiger partial charge in [-0.3, -0.25) is 0 Å². The monoisotopic (exact) mass is 359 g/mol. The van der Waals surface area contributed by atoms with Crippen LogP contribution in [0.1, 0.15) is 15.9 Å². The van der Waals surface area contributed by atoms with Crippen LogP contribution in [0.2, 0.25) is 0 Å². The van der Waals surface area contributed by atoms with Gasteiger partial charge in [-0.2, -0.15) is 0 Å². The quantitative estimate of drug-likeness (QED) is 0.669. The van der Waals surface area contributed by atoms with Gasteiger partial charge in [0, 0.05) is 16.1 Å². The zero-order chi connectivity index (χ0) is 15.6. The van der Waals surface area contributed by atoms with Crippen LogP contribution in [0.5, 0.6) is 0 Å². The zero-order valence-corrected chi connectivity index (χ0v) is 12.1. The van der Waals surface area contributed by atoms with Crippen LogP contribution in [0.3, 0.4) is 0 Å². The Labute approximate surface area is 126 Å². The van der Waals surface area contributed by atoms with Crippen LogP contribution in [-0.2, 0) is 11.3 Å². The second-order valence-corrected chi connectivity index (χ2v) is 5.08. The minimum atomic E-state index is -1.10. The Bertz CT molecular complexity index is 707. The largest absolute Gasteiger partial charge is 0.457 e. The summed E-state index contributed by atoms with van der Waals surface area (Å²) in [5.74, 6) is -3.62. The molecule has 0 aliphatic carbocycles. The van der Waals surface area contributed by atoms with Gasteiger partial charge in [-0.05, 0) is 18.2 Å². The number of hydrogen-bond acceptors (Lipinski definition) is 3. The molecule has 0 aromatic heterocycles. The van der Waals surface area contributed by atoms with E-state index >= 15 is 0 Å². The predicted octanol–water partition coefficient (Wildman–Crippen LogP) is 3.81. The molecule has 2 N–H and O–H groups in total. The number of benzene rings is 2. The van der Waals surface area contributed by atoms with Gasteiger partial charge in [-0.15, -0.1) is 0 Å². The lowest BCUT2D eigenvalue weighted by Crippen LogP contribution is -2.10. The second-order valence-electron chi connectivity index (χ2n) is 4.17. The van der Waals surface area contributed by atoms with Crippen molar-refractivity contribution in [2.24, 2.45) is 0 Å². The van der Waals surface area contributed by atoms with Gasteiger partial charge in [0.2, 0.25) is 0 Å². The van der Waals surface area contributed by atoms with E-state index in [1.165, 1.54) is 12.1 Å². The fourth-order valence-electron chi connectivity index (χ4n) is 1.58. The summed E-state index contributed by atoms with van der Waals surface area (Å²) in [6, 6.07) is 5.51. The molecule has 0 heterocycles. The standard InChI is InChI=1S/C14H9BrF3NO2/c15-8-2-1-7(10(16)3-8)6-21-14(20)9-4-12(18)13(19)5-11(9)17/h1-5H,6,19H2. The van der Waals surface area contributed by atoms with Crippen molar-refractivity contribution in [1.29, 1.82) is 0 Å². The number of rotatable bonds is 3. The number of ether oxygens (including phenoxy) is 1. The molecule has 2 aromatic rings. The summed E-state index contributed by atoms with van der Waals surface area (Å²) in [4.78, 5) is 11.7. The maximum atomic E-state index is 13.5. The van der Waals surface area contributed by atoms with E-state index in [1.54, 1.807) is 6.07 Å². The van der Waals surface area contributed by atoms with Crippen molar-refractivity contribution in [3.8, 4) is 0 Å². The third kappa shape index (κ3) is 3.55. The third-order valence-corrected chi connectivity index (χ3v) is 3.17. The molecule has 0 saturated carbocycles. The average Bonchev–Trinajstić information content (AvgIpc) is 2.41. The first-order valence-corrected chi connectivity index (χ1v) is 6.53. The number of hydrogen-bond donors (Lipinski definition) is 1. The Balaban J connectivity index is 2.13. The molecule has 21 heavy (non-hydrogen) atoms. The summed E-state index contributed by atoms with van der Waals surface area (Å²) in [6.07, 6.45) is 0. The molecule has 0 bridgehead atoms. The molecule has 0 unspecified atom stereocenters. The molecule has 3 nitrogen and oxygen atoms in total. The number of halogens is 4. The first-order valence-electron chi connectivity index (χ1n) is 5.74. The van der Waals surface area contributed by atoms with Crippen molar-refractivity contribution in [3.63, 3.8) is 0 Å². The highest BCUT2D eigenvalue weighted by atomic mass is 79.9. The van der Waals surface area contributed by atoms with E-state index in [0.717, 1.165) is 0 Å². The Morgan fingerprint density at radius 2 is 1.81 bits per heavy atom. The highest BCUT2D eigenvalue weighted by molar-refractivity contribution is 9.10. The van der Waals surface area contributed by atoms with Gasteiger partial charge in [0.25, 0.3) is 0 Å². The van der Waals surface area contributed by atoms with Crippen LogP contribution in [0, 0.1) is 17.5 Å². The number of nitrogens with two attached hydrogens (primary N) is 1. The molecule has 0 spiro atoms. The van der Waals surface area contributed by atoms with Crippen molar-refractivity contribution in [3.05, 3.63) is 63.4 Å². The van der Waals surface area contributed by atoms with Crippen molar-refractivity contribution in [2.45, 2.75) is 6.61 Å². The van der Waals surface area contributed by atoms with Crippen LogP contribution in [0.25, 0.3) is 0 Å². The van der Waals surface area contributed by atoms with Gasteiger partial charge in [-0.25, -0.2) is 18.0 Å². The third-order valence-electron chi connectivity index (χ3n) is 2.68. The molecule has 110 valence electrons. The fourth-order valence-corrected chi connectivity index (χ4v) is 1.91. The van der Waals surface area contributed by atoms with E-state index in [2.05, 4.69) is 15.9 Å². The topological polar surface area (TPSA) is 52.3 Å². The summed E-state index contributed by atoms with van der Waals surface area (Å²) >= 11 is 3.09. The molecule has 0 radical (unpaired) electrons. The van der Waals surface area contributed by atoms with Gasteiger partial charge in [0.1, 0.15) is 24.1 Å². The summed E-state index contributed by atoms with van der Waals surface area (Å²) in [6.45, 7) is -0.399. The highest BCUT2D eigenvalue weighted by Crippen LogP contribution is 2.19. The van der Waals surface area contributed by atoms with Crippen molar-refractivity contribution >= 4 is 27.6 Å². The zero-order valence-electron chi connectivity index (χ0n) is 10.5. The predicted molar refractivity (Wildman–Crippen MR) is 74.0 cm³/mol. The normalized spacial score (nSPS) is 10.5. The van der Waals surface area contributed by atoms with Gasteiger partial charge >= 0.3 is 5.97 Å².